The second-order valence-corrected chi connectivity index (χ2v) is 8.01. The summed E-state index contributed by atoms with van der Waals surface area (Å²) in [5, 5.41) is 3.78. The van der Waals surface area contributed by atoms with Crippen LogP contribution in [0.15, 0.2) is 0 Å². The Hall–Kier alpha value is -0.810. The van der Waals surface area contributed by atoms with Crippen molar-refractivity contribution in [1.29, 1.82) is 0 Å². The number of likely N-dealkylation sites (N-methyl/N-ethyl adjacent to an activating group) is 1. The quantitative estimate of drug-likeness (QED) is 0.851. The lowest BCUT2D eigenvalue weighted by Crippen LogP contribution is -2.47. The Balaban J connectivity index is 1.88. The highest BCUT2D eigenvalue weighted by Crippen LogP contribution is 2.19. The van der Waals surface area contributed by atoms with E-state index in [9.17, 15) is 4.79 Å². The standard InChI is InChI=1S/C17H33N3O2/c1-13-10-15(11-19(13)5)18-14-8-6-7-9-20(12-14)16(21)22-17(2,3)4/h13-15,18H,6-12H2,1-5H3. The first-order chi connectivity index (χ1) is 10.2. The fourth-order valence-corrected chi connectivity index (χ4v) is 3.42. The molecule has 2 fully saturated rings. The largest absolute Gasteiger partial charge is 0.444 e. The zero-order valence-electron chi connectivity index (χ0n) is 14.9. The van der Waals surface area contributed by atoms with Crippen LogP contribution < -0.4 is 5.32 Å². The first kappa shape index (κ1) is 17.5. The van der Waals surface area contributed by atoms with Crippen LogP contribution in [0.1, 0.15) is 53.4 Å². The van der Waals surface area contributed by atoms with Gasteiger partial charge in [-0.3, -0.25) is 0 Å². The van der Waals surface area contributed by atoms with Crippen LogP contribution in [-0.2, 0) is 4.74 Å². The second-order valence-electron chi connectivity index (χ2n) is 8.01. The molecule has 5 heteroatoms. The minimum Gasteiger partial charge on any atom is -0.444 e. The maximum absolute atomic E-state index is 12.3. The van der Waals surface area contributed by atoms with E-state index in [1.165, 1.54) is 12.8 Å². The van der Waals surface area contributed by atoms with Gasteiger partial charge < -0.3 is 19.9 Å². The summed E-state index contributed by atoms with van der Waals surface area (Å²) < 4.78 is 5.54. The van der Waals surface area contributed by atoms with Gasteiger partial charge in [0.25, 0.3) is 0 Å². The molecule has 0 aromatic rings. The average Bonchev–Trinajstić information content (AvgIpc) is 2.61. The molecular weight excluding hydrogens is 278 g/mol. The summed E-state index contributed by atoms with van der Waals surface area (Å²) in [7, 11) is 2.19. The Morgan fingerprint density at radius 2 is 1.91 bits per heavy atom. The molecule has 0 radical (unpaired) electrons. The van der Waals surface area contributed by atoms with Gasteiger partial charge in [-0.2, -0.15) is 0 Å². The molecule has 0 bridgehead atoms. The smallest absolute Gasteiger partial charge is 0.410 e. The molecule has 0 saturated carbocycles. The number of carbonyl (C=O) groups excluding carboxylic acids is 1. The van der Waals surface area contributed by atoms with Gasteiger partial charge in [0.05, 0.1) is 0 Å². The molecule has 1 amide bonds. The van der Waals surface area contributed by atoms with Gasteiger partial charge in [0.15, 0.2) is 0 Å². The van der Waals surface area contributed by atoms with E-state index in [1.54, 1.807) is 0 Å². The number of likely N-dealkylation sites (tertiary alicyclic amines) is 2. The molecule has 2 aliphatic heterocycles. The van der Waals surface area contributed by atoms with Crippen molar-refractivity contribution in [1.82, 2.24) is 15.1 Å². The highest BCUT2D eigenvalue weighted by Gasteiger charge is 2.31. The van der Waals surface area contributed by atoms with Gasteiger partial charge in [0.2, 0.25) is 0 Å². The number of nitrogens with one attached hydrogen (secondary N) is 1. The van der Waals surface area contributed by atoms with Crippen molar-refractivity contribution >= 4 is 6.09 Å². The minimum atomic E-state index is -0.421. The Morgan fingerprint density at radius 1 is 1.18 bits per heavy atom. The summed E-state index contributed by atoms with van der Waals surface area (Å²) in [5.41, 5.74) is -0.421. The van der Waals surface area contributed by atoms with Crippen LogP contribution in [0.25, 0.3) is 0 Å². The van der Waals surface area contributed by atoms with E-state index >= 15 is 0 Å². The van der Waals surface area contributed by atoms with Crippen LogP contribution in [0.2, 0.25) is 0 Å². The monoisotopic (exact) mass is 311 g/mol. The van der Waals surface area contributed by atoms with Crippen LogP contribution in [0.3, 0.4) is 0 Å². The number of ether oxygens (including phenoxy) is 1. The molecule has 3 atom stereocenters. The second kappa shape index (κ2) is 7.18. The third-order valence-corrected chi connectivity index (χ3v) is 4.68. The molecule has 0 aliphatic carbocycles. The number of rotatable bonds is 2. The lowest BCUT2D eigenvalue weighted by atomic mass is 10.1. The van der Waals surface area contributed by atoms with Crippen LogP contribution in [0.4, 0.5) is 4.79 Å². The van der Waals surface area contributed by atoms with Gasteiger partial charge in [0, 0.05) is 37.8 Å². The molecule has 2 heterocycles. The summed E-state index contributed by atoms with van der Waals surface area (Å²) in [6, 6.07) is 1.58. The van der Waals surface area contributed by atoms with Crippen molar-refractivity contribution in [2.75, 3.05) is 26.7 Å². The molecular formula is C17H33N3O2. The van der Waals surface area contributed by atoms with E-state index in [4.69, 9.17) is 4.74 Å². The van der Waals surface area contributed by atoms with E-state index in [0.717, 1.165) is 32.5 Å². The third kappa shape index (κ3) is 5.13. The first-order valence-corrected chi connectivity index (χ1v) is 8.69. The molecule has 1 N–H and O–H groups in total. The fraction of sp³-hybridized carbons (Fsp3) is 0.941. The number of hydrogen-bond donors (Lipinski definition) is 1. The molecule has 0 spiro atoms. The molecule has 2 aliphatic rings. The number of amides is 1. The van der Waals surface area contributed by atoms with E-state index in [1.807, 2.05) is 25.7 Å². The van der Waals surface area contributed by atoms with Crippen molar-refractivity contribution in [3.63, 3.8) is 0 Å². The predicted molar refractivity (Wildman–Crippen MR) is 89.1 cm³/mol. The summed E-state index contributed by atoms with van der Waals surface area (Å²) in [5.74, 6) is 0. The Morgan fingerprint density at radius 3 is 2.50 bits per heavy atom. The highest BCUT2D eigenvalue weighted by molar-refractivity contribution is 5.68. The van der Waals surface area contributed by atoms with Gasteiger partial charge in [0.1, 0.15) is 5.60 Å². The molecule has 3 unspecified atom stereocenters. The zero-order chi connectivity index (χ0) is 16.3. The maximum atomic E-state index is 12.3. The van der Waals surface area contributed by atoms with Crippen LogP contribution in [0.5, 0.6) is 0 Å². The summed E-state index contributed by atoms with van der Waals surface area (Å²) in [6.07, 6.45) is 4.42. The molecule has 22 heavy (non-hydrogen) atoms. The van der Waals surface area contributed by atoms with Gasteiger partial charge in [-0.15, -0.1) is 0 Å². The summed E-state index contributed by atoms with van der Waals surface area (Å²) >= 11 is 0. The molecule has 5 nitrogen and oxygen atoms in total. The normalized spacial score (nSPS) is 31.1. The van der Waals surface area contributed by atoms with Gasteiger partial charge in [-0.25, -0.2) is 4.79 Å². The third-order valence-electron chi connectivity index (χ3n) is 4.68. The molecule has 2 rings (SSSR count). The Kier molecular flexibility index (Phi) is 5.72. The first-order valence-electron chi connectivity index (χ1n) is 8.69. The fourth-order valence-electron chi connectivity index (χ4n) is 3.42. The molecule has 2 saturated heterocycles. The molecule has 0 aromatic heterocycles. The van der Waals surface area contributed by atoms with E-state index in [-0.39, 0.29) is 6.09 Å². The molecule has 0 aromatic carbocycles. The maximum Gasteiger partial charge on any atom is 0.410 e. The number of carbonyl (C=O) groups is 1. The number of hydrogen-bond acceptors (Lipinski definition) is 4. The lowest BCUT2D eigenvalue weighted by molar-refractivity contribution is 0.0242. The number of nitrogens with zero attached hydrogens (tertiary/aromatic N) is 2. The van der Waals surface area contributed by atoms with Crippen LogP contribution >= 0.6 is 0 Å². The predicted octanol–water partition coefficient (Wildman–Crippen LogP) is 2.46. The van der Waals surface area contributed by atoms with Crippen LogP contribution in [-0.4, -0.2) is 66.3 Å². The Labute approximate surface area is 135 Å². The van der Waals surface area contributed by atoms with E-state index in [0.29, 0.717) is 18.1 Å². The van der Waals surface area contributed by atoms with Gasteiger partial charge in [-0.1, -0.05) is 6.42 Å². The van der Waals surface area contributed by atoms with Gasteiger partial charge >= 0.3 is 6.09 Å². The highest BCUT2D eigenvalue weighted by atomic mass is 16.6. The van der Waals surface area contributed by atoms with Crippen molar-refractivity contribution < 1.29 is 9.53 Å². The topological polar surface area (TPSA) is 44.8 Å². The lowest BCUT2D eigenvalue weighted by Gasteiger charge is -2.29. The Bertz CT molecular complexity index is 371. The summed E-state index contributed by atoms with van der Waals surface area (Å²) in [4.78, 5) is 16.6. The van der Waals surface area contributed by atoms with Crippen molar-refractivity contribution in [3.8, 4) is 0 Å². The average molecular weight is 311 g/mol. The van der Waals surface area contributed by atoms with Crippen molar-refractivity contribution in [2.45, 2.75) is 77.1 Å². The van der Waals surface area contributed by atoms with Crippen molar-refractivity contribution in [3.05, 3.63) is 0 Å². The minimum absolute atomic E-state index is 0.168. The van der Waals surface area contributed by atoms with Crippen molar-refractivity contribution in [2.24, 2.45) is 0 Å². The van der Waals surface area contributed by atoms with Crippen LogP contribution in [0, 0.1) is 0 Å². The molecule has 128 valence electrons. The van der Waals surface area contributed by atoms with Gasteiger partial charge in [-0.05, 0) is 54.0 Å². The summed E-state index contributed by atoms with van der Waals surface area (Å²) in [6.45, 7) is 10.7. The zero-order valence-corrected chi connectivity index (χ0v) is 14.9. The SMILES string of the molecule is CC1CC(NC2CCCCN(C(=O)OC(C)(C)C)C2)CN1C. The van der Waals surface area contributed by atoms with E-state index < -0.39 is 5.60 Å². The van der Waals surface area contributed by atoms with E-state index in [2.05, 4.69) is 24.2 Å².